The van der Waals surface area contributed by atoms with Gasteiger partial charge < -0.3 is 15.4 Å². The van der Waals surface area contributed by atoms with Crippen molar-refractivity contribution in [2.45, 2.75) is 32.9 Å². The highest BCUT2D eigenvalue weighted by Gasteiger charge is 2.10. The number of aliphatic imine (C=N–C) groups is 1. The average Bonchev–Trinajstić information content (AvgIpc) is 3.27. The first-order chi connectivity index (χ1) is 13.7. The van der Waals surface area contributed by atoms with Crippen molar-refractivity contribution in [1.29, 1.82) is 0 Å². The molecule has 1 unspecified atom stereocenters. The Bertz CT molecular complexity index is 715. The van der Waals surface area contributed by atoms with Crippen LogP contribution in [0.3, 0.4) is 0 Å². The zero-order valence-electron chi connectivity index (χ0n) is 17.4. The third-order valence-electron chi connectivity index (χ3n) is 4.90. The fraction of sp³-hybridized carbons (Fsp3) is 0.500. The average molecular weight is 529 g/mol. The molecule has 1 fully saturated rings. The molecular weight excluding hydrogens is 495 g/mol. The molecule has 1 aromatic carbocycles. The fourth-order valence-corrected chi connectivity index (χ4v) is 3.99. The number of halogens is 1. The normalized spacial score (nSPS) is 16.1. The summed E-state index contributed by atoms with van der Waals surface area (Å²) in [6, 6.07) is 13.1. The van der Waals surface area contributed by atoms with Gasteiger partial charge in [0.1, 0.15) is 0 Å². The third-order valence-corrected chi connectivity index (χ3v) is 6.01. The highest BCUT2D eigenvalue weighted by Crippen LogP contribution is 2.19. The Morgan fingerprint density at radius 1 is 1.14 bits per heavy atom. The van der Waals surface area contributed by atoms with Crippen LogP contribution >= 0.6 is 35.3 Å². The number of morpholine rings is 1. The van der Waals surface area contributed by atoms with Gasteiger partial charge in [-0.05, 0) is 29.5 Å². The Labute approximate surface area is 196 Å². The molecule has 7 heteroatoms. The van der Waals surface area contributed by atoms with Gasteiger partial charge in [0, 0.05) is 43.5 Å². The molecule has 0 radical (unpaired) electrons. The number of hydrogen-bond donors (Lipinski definition) is 2. The second-order valence-electron chi connectivity index (χ2n) is 7.20. The second-order valence-corrected chi connectivity index (χ2v) is 8.18. The Morgan fingerprint density at radius 3 is 2.52 bits per heavy atom. The standard InChI is InChI=1S/C22H32N4OS.HI/c1-3-23-22(24-15-18(2)21-5-4-14-28-21)25-16-19-6-8-20(9-7-19)17-26-10-12-27-13-11-26;/h4-9,14,18H,3,10-13,15-17H2,1-2H3,(H2,23,24,25);1H. The van der Waals surface area contributed by atoms with E-state index in [-0.39, 0.29) is 24.0 Å². The van der Waals surface area contributed by atoms with E-state index in [1.165, 1.54) is 16.0 Å². The molecule has 5 nitrogen and oxygen atoms in total. The summed E-state index contributed by atoms with van der Waals surface area (Å²) in [6.07, 6.45) is 0. The lowest BCUT2D eigenvalue weighted by Gasteiger charge is -2.26. The quantitative estimate of drug-likeness (QED) is 0.309. The molecule has 1 aromatic heterocycles. The molecule has 0 amide bonds. The van der Waals surface area contributed by atoms with Crippen molar-refractivity contribution < 1.29 is 4.74 Å². The van der Waals surface area contributed by atoms with Crippen LogP contribution < -0.4 is 10.6 Å². The van der Waals surface area contributed by atoms with Crippen molar-refractivity contribution in [2.75, 3.05) is 39.4 Å². The minimum Gasteiger partial charge on any atom is -0.379 e. The first-order valence-electron chi connectivity index (χ1n) is 10.2. The van der Waals surface area contributed by atoms with E-state index in [9.17, 15) is 0 Å². The van der Waals surface area contributed by atoms with Crippen molar-refractivity contribution >= 4 is 41.3 Å². The zero-order chi connectivity index (χ0) is 19.6. The molecule has 0 saturated carbocycles. The van der Waals surface area contributed by atoms with E-state index in [2.05, 4.69) is 71.2 Å². The lowest BCUT2D eigenvalue weighted by atomic mass is 10.1. The smallest absolute Gasteiger partial charge is 0.191 e. The molecule has 29 heavy (non-hydrogen) atoms. The SMILES string of the molecule is CCNC(=NCc1ccc(CN2CCOCC2)cc1)NCC(C)c1cccs1.I. The van der Waals surface area contributed by atoms with Crippen LogP contribution in [0.15, 0.2) is 46.8 Å². The summed E-state index contributed by atoms with van der Waals surface area (Å²) in [7, 11) is 0. The van der Waals surface area contributed by atoms with Crippen molar-refractivity contribution in [3.63, 3.8) is 0 Å². The molecule has 160 valence electrons. The molecule has 0 aliphatic carbocycles. The van der Waals surface area contributed by atoms with Gasteiger partial charge >= 0.3 is 0 Å². The topological polar surface area (TPSA) is 48.9 Å². The number of guanidine groups is 1. The van der Waals surface area contributed by atoms with E-state index in [1.807, 2.05) is 11.3 Å². The molecule has 3 rings (SSSR count). The zero-order valence-corrected chi connectivity index (χ0v) is 20.5. The highest BCUT2D eigenvalue weighted by molar-refractivity contribution is 14.0. The maximum absolute atomic E-state index is 5.42. The third kappa shape index (κ3) is 8.24. The van der Waals surface area contributed by atoms with Gasteiger partial charge in [-0.2, -0.15) is 0 Å². The molecule has 2 heterocycles. The van der Waals surface area contributed by atoms with E-state index >= 15 is 0 Å². The monoisotopic (exact) mass is 528 g/mol. The Kier molecular flexibility index (Phi) is 11.0. The van der Waals surface area contributed by atoms with E-state index in [0.717, 1.165) is 51.9 Å². The number of nitrogens with zero attached hydrogens (tertiary/aromatic N) is 2. The van der Waals surface area contributed by atoms with Crippen LogP contribution in [0.1, 0.15) is 35.8 Å². The van der Waals surface area contributed by atoms with Crippen molar-refractivity contribution in [3.8, 4) is 0 Å². The highest BCUT2D eigenvalue weighted by atomic mass is 127. The summed E-state index contributed by atoms with van der Waals surface area (Å²) < 4.78 is 5.42. The van der Waals surface area contributed by atoms with Gasteiger partial charge in [-0.1, -0.05) is 37.3 Å². The van der Waals surface area contributed by atoms with E-state index < -0.39 is 0 Å². The van der Waals surface area contributed by atoms with Gasteiger partial charge in [0.25, 0.3) is 0 Å². The van der Waals surface area contributed by atoms with E-state index in [1.54, 1.807) is 0 Å². The number of rotatable bonds is 8. The van der Waals surface area contributed by atoms with Crippen LogP contribution in [0.2, 0.25) is 0 Å². The maximum atomic E-state index is 5.42. The predicted octanol–water partition coefficient (Wildman–Crippen LogP) is 4.06. The minimum absolute atomic E-state index is 0. The summed E-state index contributed by atoms with van der Waals surface area (Å²) in [5.74, 6) is 1.35. The lowest BCUT2D eigenvalue weighted by molar-refractivity contribution is 0.0342. The van der Waals surface area contributed by atoms with Crippen LogP contribution in [0, 0.1) is 0 Å². The summed E-state index contributed by atoms with van der Waals surface area (Å²) >= 11 is 1.81. The molecule has 1 atom stereocenters. The van der Waals surface area contributed by atoms with Crippen molar-refractivity contribution in [1.82, 2.24) is 15.5 Å². The molecule has 2 aromatic rings. The maximum Gasteiger partial charge on any atom is 0.191 e. The Morgan fingerprint density at radius 2 is 1.86 bits per heavy atom. The summed E-state index contributed by atoms with van der Waals surface area (Å²) in [5.41, 5.74) is 2.58. The van der Waals surface area contributed by atoms with E-state index in [4.69, 9.17) is 9.73 Å². The van der Waals surface area contributed by atoms with Crippen LogP contribution in [0.5, 0.6) is 0 Å². The van der Waals surface area contributed by atoms with Crippen LogP contribution in [0.4, 0.5) is 0 Å². The molecule has 1 saturated heterocycles. The first kappa shape index (κ1) is 24.1. The van der Waals surface area contributed by atoms with Gasteiger partial charge in [0.05, 0.1) is 19.8 Å². The first-order valence-corrected chi connectivity index (χ1v) is 11.1. The molecule has 1 aliphatic heterocycles. The molecule has 0 spiro atoms. The number of ether oxygens (including phenoxy) is 1. The van der Waals surface area contributed by atoms with Gasteiger partial charge in [0.2, 0.25) is 0 Å². The summed E-state index contributed by atoms with van der Waals surface area (Å²) in [6.45, 7) is 11.5. The number of benzene rings is 1. The molecule has 1 aliphatic rings. The minimum atomic E-state index is 0. The Balaban J connectivity index is 0.00000300. The van der Waals surface area contributed by atoms with Crippen LogP contribution in [0.25, 0.3) is 0 Å². The van der Waals surface area contributed by atoms with Crippen molar-refractivity contribution in [2.24, 2.45) is 4.99 Å². The van der Waals surface area contributed by atoms with Gasteiger partial charge in [0.15, 0.2) is 5.96 Å². The van der Waals surface area contributed by atoms with Crippen LogP contribution in [-0.4, -0.2) is 50.3 Å². The largest absolute Gasteiger partial charge is 0.379 e. The number of thiophene rings is 1. The molecule has 0 bridgehead atoms. The van der Waals surface area contributed by atoms with Crippen molar-refractivity contribution in [3.05, 3.63) is 57.8 Å². The molecule has 2 N–H and O–H groups in total. The van der Waals surface area contributed by atoms with Crippen LogP contribution in [-0.2, 0) is 17.8 Å². The summed E-state index contributed by atoms with van der Waals surface area (Å²) in [5, 5.41) is 8.95. The number of nitrogens with one attached hydrogen (secondary N) is 2. The van der Waals surface area contributed by atoms with Gasteiger partial charge in [-0.3, -0.25) is 4.90 Å². The molecular formula is C22H33IN4OS. The van der Waals surface area contributed by atoms with Gasteiger partial charge in [-0.15, -0.1) is 35.3 Å². The fourth-order valence-electron chi connectivity index (χ4n) is 3.20. The number of hydrogen-bond acceptors (Lipinski definition) is 4. The second kappa shape index (κ2) is 13.2. The van der Waals surface area contributed by atoms with Gasteiger partial charge in [-0.25, -0.2) is 4.99 Å². The predicted molar refractivity (Wildman–Crippen MR) is 134 cm³/mol. The van der Waals surface area contributed by atoms with E-state index in [0.29, 0.717) is 12.5 Å². The lowest BCUT2D eigenvalue weighted by Crippen LogP contribution is -2.39. The Hall–Kier alpha value is -1.16. The summed E-state index contributed by atoms with van der Waals surface area (Å²) in [4.78, 5) is 8.60.